The molecule has 0 unspecified atom stereocenters. The highest BCUT2D eigenvalue weighted by molar-refractivity contribution is 5.31. The van der Waals surface area contributed by atoms with E-state index in [4.69, 9.17) is 0 Å². The summed E-state index contributed by atoms with van der Waals surface area (Å²) in [6, 6.07) is 0. The molecule has 5 rings (SSSR count). The first kappa shape index (κ1) is 23.4. The van der Waals surface area contributed by atoms with Gasteiger partial charge in [0.1, 0.15) is 0 Å². The molecule has 5 saturated carbocycles. The highest BCUT2D eigenvalue weighted by atomic mass is 16.3. The molecular formula is C30H50O2. The van der Waals surface area contributed by atoms with Crippen molar-refractivity contribution in [3.63, 3.8) is 0 Å². The summed E-state index contributed by atoms with van der Waals surface area (Å²) < 4.78 is 0. The third kappa shape index (κ3) is 2.72. The van der Waals surface area contributed by atoms with Crippen LogP contribution >= 0.6 is 0 Å². The Bertz CT molecular complexity index is 795. The first-order chi connectivity index (χ1) is 14.9. The second-order valence-corrected chi connectivity index (χ2v) is 14.5. The Morgan fingerprint density at radius 3 is 2.25 bits per heavy atom. The van der Waals surface area contributed by atoms with Crippen LogP contribution in [-0.2, 0) is 0 Å². The molecule has 0 aromatic rings. The van der Waals surface area contributed by atoms with Crippen molar-refractivity contribution in [3.05, 3.63) is 11.6 Å². The van der Waals surface area contributed by atoms with Gasteiger partial charge in [0.25, 0.3) is 0 Å². The molecule has 32 heavy (non-hydrogen) atoms. The number of aliphatic hydroxyl groups is 2. The quantitative estimate of drug-likeness (QED) is 0.454. The molecular weight excluding hydrogens is 392 g/mol. The maximum atomic E-state index is 11.5. The third-order valence-corrected chi connectivity index (χ3v) is 12.9. The van der Waals surface area contributed by atoms with Crippen molar-refractivity contribution in [1.82, 2.24) is 0 Å². The van der Waals surface area contributed by atoms with Crippen LogP contribution in [0.3, 0.4) is 0 Å². The fourth-order valence-corrected chi connectivity index (χ4v) is 11.3. The van der Waals surface area contributed by atoms with Gasteiger partial charge in [-0.05, 0) is 129 Å². The smallest absolute Gasteiger partial charge is 0.0594 e. The third-order valence-electron chi connectivity index (χ3n) is 12.9. The first-order valence-electron chi connectivity index (χ1n) is 13.9. The number of fused-ring (bicyclic) bond motifs is 2. The minimum absolute atomic E-state index is 0.0611. The van der Waals surface area contributed by atoms with Crippen molar-refractivity contribution in [2.45, 2.75) is 125 Å². The summed E-state index contributed by atoms with van der Waals surface area (Å²) in [5.41, 5.74) is 2.98. The molecule has 5 aliphatic carbocycles. The van der Waals surface area contributed by atoms with Crippen LogP contribution in [0.25, 0.3) is 0 Å². The minimum Gasteiger partial charge on any atom is -0.393 e. The monoisotopic (exact) mass is 442 g/mol. The van der Waals surface area contributed by atoms with Crippen LogP contribution in [0.5, 0.6) is 0 Å². The van der Waals surface area contributed by atoms with Gasteiger partial charge in [-0.15, -0.1) is 0 Å². The van der Waals surface area contributed by atoms with Crippen molar-refractivity contribution >= 4 is 0 Å². The van der Waals surface area contributed by atoms with Gasteiger partial charge in [-0.3, -0.25) is 0 Å². The van der Waals surface area contributed by atoms with Gasteiger partial charge < -0.3 is 10.2 Å². The van der Waals surface area contributed by atoms with Gasteiger partial charge in [0.05, 0.1) is 12.2 Å². The summed E-state index contributed by atoms with van der Waals surface area (Å²) in [7, 11) is 0. The molecule has 5 fully saturated rings. The Balaban J connectivity index is 1.44. The maximum absolute atomic E-state index is 11.5. The minimum atomic E-state index is -0.140. The lowest BCUT2D eigenvalue weighted by Crippen LogP contribution is -2.57. The second kappa shape index (κ2) is 7.09. The Kier molecular flexibility index (Phi) is 5.19. The number of hydrogen-bond donors (Lipinski definition) is 2. The first-order valence-corrected chi connectivity index (χ1v) is 13.9. The summed E-state index contributed by atoms with van der Waals surface area (Å²) in [4.78, 5) is 0. The molecule has 182 valence electrons. The fraction of sp³-hybridized carbons (Fsp3) is 0.933. The zero-order valence-corrected chi connectivity index (χ0v) is 22.0. The molecule has 0 aromatic carbocycles. The Morgan fingerprint density at radius 2 is 1.56 bits per heavy atom. The van der Waals surface area contributed by atoms with E-state index in [-0.39, 0.29) is 28.5 Å². The SMILES string of the molecule is CC(C)=CCC[C@@H](C)[C@H]1[C@@H](O)C[C@@]2(C)[C@@H]3CC[C@H]4C(C)(C)[C@@H](O)CC[C@@]45C[C@@]35CC[C@]12C. The average Bonchev–Trinajstić information content (AvgIpc) is 3.30. The molecule has 10 atom stereocenters. The number of aliphatic hydroxyl groups excluding tert-OH is 2. The van der Waals surface area contributed by atoms with E-state index in [1.54, 1.807) is 0 Å². The number of hydrogen-bond acceptors (Lipinski definition) is 2. The van der Waals surface area contributed by atoms with Crippen molar-refractivity contribution in [1.29, 1.82) is 0 Å². The Hall–Kier alpha value is -0.340. The highest BCUT2D eigenvalue weighted by Gasteiger charge is 2.82. The van der Waals surface area contributed by atoms with Crippen LogP contribution in [0, 0.1) is 50.7 Å². The topological polar surface area (TPSA) is 40.5 Å². The van der Waals surface area contributed by atoms with Gasteiger partial charge in [0.15, 0.2) is 0 Å². The summed E-state index contributed by atoms with van der Waals surface area (Å²) >= 11 is 0. The lowest BCUT2D eigenvalue weighted by molar-refractivity contribution is -0.161. The van der Waals surface area contributed by atoms with Gasteiger partial charge in [-0.1, -0.05) is 46.3 Å². The van der Waals surface area contributed by atoms with Crippen LogP contribution in [-0.4, -0.2) is 22.4 Å². The van der Waals surface area contributed by atoms with Crippen molar-refractivity contribution in [2.75, 3.05) is 0 Å². The molecule has 0 bridgehead atoms. The van der Waals surface area contributed by atoms with Crippen LogP contribution < -0.4 is 0 Å². The molecule has 2 heteroatoms. The zero-order chi connectivity index (χ0) is 23.3. The standard InChI is InChI=1S/C30H50O2/c1-19(2)9-8-10-20(3)25-21(31)17-28(7)23-12-11-22-26(4,5)24(32)13-14-29(22)18-30(23,29)16-15-27(25,28)6/h9,20-25,31-32H,8,10-18H2,1-7H3/t20-,21+,22+,23+,24+,25+,27-,28+,29-,30+/m1/s1. The lowest BCUT2D eigenvalue weighted by Gasteiger charge is -2.63. The molecule has 0 heterocycles. The summed E-state index contributed by atoms with van der Waals surface area (Å²) in [6.45, 7) is 16.7. The van der Waals surface area contributed by atoms with Gasteiger partial charge in [-0.25, -0.2) is 0 Å². The van der Waals surface area contributed by atoms with E-state index in [9.17, 15) is 10.2 Å². The van der Waals surface area contributed by atoms with E-state index < -0.39 is 0 Å². The van der Waals surface area contributed by atoms with E-state index in [0.29, 0.717) is 28.6 Å². The second-order valence-electron chi connectivity index (χ2n) is 14.5. The van der Waals surface area contributed by atoms with Crippen LogP contribution in [0.2, 0.25) is 0 Å². The van der Waals surface area contributed by atoms with Crippen LogP contribution in [0.15, 0.2) is 11.6 Å². The number of allylic oxidation sites excluding steroid dienone is 2. The van der Waals surface area contributed by atoms with Crippen molar-refractivity contribution in [3.8, 4) is 0 Å². The Labute approximate surface area is 197 Å². The van der Waals surface area contributed by atoms with Gasteiger partial charge in [-0.2, -0.15) is 0 Å². The summed E-state index contributed by atoms with van der Waals surface area (Å²) in [5, 5.41) is 22.4. The fourth-order valence-electron chi connectivity index (χ4n) is 11.3. The van der Waals surface area contributed by atoms with Gasteiger partial charge >= 0.3 is 0 Å². The molecule has 2 nitrogen and oxygen atoms in total. The molecule has 0 aliphatic heterocycles. The predicted octanol–water partition coefficient (Wildman–Crippen LogP) is 7.14. The van der Waals surface area contributed by atoms with E-state index in [2.05, 4.69) is 54.5 Å². The summed E-state index contributed by atoms with van der Waals surface area (Å²) in [5.74, 6) is 2.47. The lowest BCUT2D eigenvalue weighted by atomic mass is 9.41. The summed E-state index contributed by atoms with van der Waals surface area (Å²) in [6.07, 6.45) is 14.4. The molecule has 0 radical (unpaired) electrons. The zero-order valence-electron chi connectivity index (χ0n) is 22.0. The molecule has 5 aliphatic rings. The van der Waals surface area contributed by atoms with Crippen LogP contribution in [0.1, 0.15) is 113 Å². The highest BCUT2D eigenvalue weighted by Crippen LogP contribution is 2.89. The van der Waals surface area contributed by atoms with Crippen LogP contribution in [0.4, 0.5) is 0 Å². The number of rotatable bonds is 4. The average molecular weight is 443 g/mol. The van der Waals surface area contributed by atoms with E-state index >= 15 is 0 Å². The largest absolute Gasteiger partial charge is 0.393 e. The molecule has 0 saturated heterocycles. The molecule has 0 amide bonds. The molecule has 2 N–H and O–H groups in total. The maximum Gasteiger partial charge on any atom is 0.0594 e. The Morgan fingerprint density at radius 1 is 0.906 bits per heavy atom. The van der Waals surface area contributed by atoms with Crippen molar-refractivity contribution < 1.29 is 10.2 Å². The van der Waals surface area contributed by atoms with Crippen molar-refractivity contribution in [2.24, 2.45) is 50.7 Å². The molecule has 0 aromatic heterocycles. The normalized spacial score (nSPS) is 54.0. The van der Waals surface area contributed by atoms with Gasteiger partial charge in [0.2, 0.25) is 0 Å². The van der Waals surface area contributed by atoms with Gasteiger partial charge in [0, 0.05) is 0 Å². The van der Waals surface area contributed by atoms with E-state index in [0.717, 1.165) is 25.2 Å². The molecule has 2 spiro atoms. The van der Waals surface area contributed by atoms with E-state index in [1.807, 2.05) is 0 Å². The predicted molar refractivity (Wildman–Crippen MR) is 132 cm³/mol. The van der Waals surface area contributed by atoms with E-state index in [1.165, 1.54) is 50.5 Å².